The van der Waals surface area contributed by atoms with Crippen LogP contribution in [0.25, 0.3) is 10.6 Å². The number of thiophene rings is 1. The first-order valence-electron chi connectivity index (χ1n) is 7.96. The fourth-order valence-electron chi connectivity index (χ4n) is 3.43. The smallest absolute Gasteiger partial charge is 0.340 e. The Bertz CT molecular complexity index is 1020. The minimum absolute atomic E-state index is 0.299. The van der Waals surface area contributed by atoms with Gasteiger partial charge in [0.1, 0.15) is 5.82 Å². The number of carbonyl (C=O) groups is 2. The Balaban J connectivity index is 2.01. The summed E-state index contributed by atoms with van der Waals surface area (Å²) in [6.07, 6.45) is 0. The first kappa shape index (κ1) is 16.5. The number of anilines is 1. The van der Waals surface area contributed by atoms with Gasteiger partial charge in [-0.15, -0.1) is 11.3 Å². The van der Waals surface area contributed by atoms with Gasteiger partial charge < -0.3 is 15.0 Å². The molecule has 1 amide bonds. The van der Waals surface area contributed by atoms with Crippen LogP contribution in [0, 0.1) is 12.7 Å². The molecule has 132 valence electrons. The molecule has 0 saturated heterocycles. The zero-order valence-electron chi connectivity index (χ0n) is 14.1. The Morgan fingerprint density at radius 3 is 2.81 bits per heavy atom. The number of halogens is 1. The van der Waals surface area contributed by atoms with Crippen molar-refractivity contribution in [3.63, 3.8) is 0 Å². The third-order valence-corrected chi connectivity index (χ3v) is 5.40. The fraction of sp³-hybridized carbons (Fsp3) is 0.158. The quantitative estimate of drug-likeness (QED) is 0.683. The molecule has 1 aromatic carbocycles. The Hall–Kier alpha value is -2.93. The molecule has 2 aromatic heterocycles. The largest absolute Gasteiger partial charge is 0.465 e. The summed E-state index contributed by atoms with van der Waals surface area (Å²) in [7, 11) is 1.30. The number of rotatable bonds is 3. The third-order valence-electron chi connectivity index (χ3n) is 4.52. The van der Waals surface area contributed by atoms with Gasteiger partial charge in [-0.2, -0.15) is 0 Å². The van der Waals surface area contributed by atoms with E-state index in [2.05, 4.69) is 10.3 Å². The van der Waals surface area contributed by atoms with Crippen molar-refractivity contribution in [2.24, 2.45) is 0 Å². The second kappa shape index (κ2) is 6.10. The van der Waals surface area contributed by atoms with Crippen LogP contribution in [0.4, 0.5) is 10.1 Å². The molecule has 4 rings (SSSR count). The first-order valence-corrected chi connectivity index (χ1v) is 8.84. The summed E-state index contributed by atoms with van der Waals surface area (Å²) in [6, 6.07) is 7.95. The average Bonchev–Trinajstić information content (AvgIpc) is 3.31. The lowest BCUT2D eigenvalue weighted by Crippen LogP contribution is -2.17. The maximum Gasteiger partial charge on any atom is 0.340 e. The molecular formula is C19H15FN2O3S. The van der Waals surface area contributed by atoms with Gasteiger partial charge in [0.2, 0.25) is 5.91 Å². The lowest BCUT2D eigenvalue weighted by atomic mass is 9.88. The molecule has 0 spiro atoms. The van der Waals surface area contributed by atoms with E-state index in [1.807, 2.05) is 17.5 Å². The van der Waals surface area contributed by atoms with Crippen molar-refractivity contribution in [3.05, 3.63) is 63.9 Å². The molecule has 1 aliphatic rings. The Morgan fingerprint density at radius 2 is 2.12 bits per heavy atom. The van der Waals surface area contributed by atoms with E-state index >= 15 is 0 Å². The normalized spacial score (nSPS) is 15.7. The maximum atomic E-state index is 13.8. The van der Waals surface area contributed by atoms with E-state index < -0.39 is 17.7 Å². The minimum atomic E-state index is -0.795. The number of methoxy groups -OCH3 is 1. The monoisotopic (exact) mass is 370 g/mol. The minimum Gasteiger partial charge on any atom is -0.465 e. The lowest BCUT2D eigenvalue weighted by Gasteiger charge is -2.13. The molecule has 3 heterocycles. The number of aromatic nitrogens is 1. The topological polar surface area (TPSA) is 71.2 Å². The van der Waals surface area contributed by atoms with Gasteiger partial charge >= 0.3 is 5.97 Å². The van der Waals surface area contributed by atoms with Crippen LogP contribution in [0.2, 0.25) is 0 Å². The summed E-state index contributed by atoms with van der Waals surface area (Å²) < 4.78 is 18.8. The van der Waals surface area contributed by atoms with Crippen LogP contribution in [0.15, 0.2) is 35.7 Å². The molecule has 2 N–H and O–H groups in total. The highest BCUT2D eigenvalue weighted by Crippen LogP contribution is 2.44. The molecule has 0 fully saturated rings. The van der Waals surface area contributed by atoms with Crippen molar-refractivity contribution in [1.29, 1.82) is 0 Å². The van der Waals surface area contributed by atoms with Gasteiger partial charge in [0.05, 0.1) is 29.2 Å². The maximum absolute atomic E-state index is 13.8. The van der Waals surface area contributed by atoms with Gasteiger partial charge in [-0.3, -0.25) is 4.79 Å². The van der Waals surface area contributed by atoms with Crippen LogP contribution >= 0.6 is 11.3 Å². The number of esters is 1. The summed E-state index contributed by atoms with van der Waals surface area (Å²) >= 11 is 1.49. The van der Waals surface area contributed by atoms with E-state index in [1.54, 1.807) is 6.92 Å². The van der Waals surface area contributed by atoms with Crippen molar-refractivity contribution >= 4 is 28.9 Å². The SMILES string of the molecule is COC(=O)c1c(C)[nH]c(-c2cccs2)c1C1C(=O)Nc2ccc(F)cc21. The number of hydrogen-bond donors (Lipinski definition) is 2. The van der Waals surface area contributed by atoms with E-state index in [1.165, 1.54) is 36.6 Å². The summed E-state index contributed by atoms with van der Waals surface area (Å²) in [6.45, 7) is 1.76. The van der Waals surface area contributed by atoms with Crippen LogP contribution in [0.1, 0.15) is 33.1 Å². The summed E-state index contributed by atoms with van der Waals surface area (Å²) in [5.41, 5.74) is 3.17. The van der Waals surface area contributed by atoms with E-state index in [-0.39, 0.29) is 5.91 Å². The molecule has 26 heavy (non-hydrogen) atoms. The predicted molar refractivity (Wildman–Crippen MR) is 97.1 cm³/mol. The molecule has 5 nitrogen and oxygen atoms in total. The number of fused-ring (bicyclic) bond motifs is 1. The highest BCUT2D eigenvalue weighted by molar-refractivity contribution is 7.13. The van der Waals surface area contributed by atoms with Gasteiger partial charge in [0.25, 0.3) is 0 Å². The Kier molecular flexibility index (Phi) is 3.88. The number of aromatic amines is 1. The summed E-state index contributed by atoms with van der Waals surface area (Å²) in [5.74, 6) is -2.06. The van der Waals surface area contributed by atoms with Crippen LogP contribution in [0.3, 0.4) is 0 Å². The molecule has 1 unspecified atom stereocenters. The first-order chi connectivity index (χ1) is 12.5. The number of nitrogens with one attached hydrogen (secondary N) is 2. The van der Waals surface area contributed by atoms with Crippen LogP contribution in [0.5, 0.6) is 0 Å². The second-order valence-corrected chi connectivity index (χ2v) is 6.98. The van der Waals surface area contributed by atoms with E-state index in [4.69, 9.17) is 4.74 Å². The molecule has 1 atom stereocenters. The van der Waals surface area contributed by atoms with Crippen molar-refractivity contribution < 1.29 is 18.7 Å². The van der Waals surface area contributed by atoms with Gasteiger partial charge in [-0.25, -0.2) is 9.18 Å². The number of aryl methyl sites for hydroxylation is 1. The van der Waals surface area contributed by atoms with Gasteiger partial charge in [0, 0.05) is 16.9 Å². The van der Waals surface area contributed by atoms with E-state index in [9.17, 15) is 14.0 Å². The van der Waals surface area contributed by atoms with E-state index in [0.717, 1.165) is 4.88 Å². The molecule has 1 aliphatic heterocycles. The number of ether oxygens (including phenoxy) is 1. The van der Waals surface area contributed by atoms with Gasteiger partial charge in [-0.05, 0) is 42.1 Å². The van der Waals surface area contributed by atoms with E-state index in [0.29, 0.717) is 33.8 Å². The number of carbonyl (C=O) groups excluding carboxylic acids is 2. The molecule has 7 heteroatoms. The lowest BCUT2D eigenvalue weighted by molar-refractivity contribution is -0.116. The van der Waals surface area contributed by atoms with Crippen molar-refractivity contribution in [2.45, 2.75) is 12.8 Å². The third kappa shape index (κ3) is 2.43. The Labute approximate surface area is 152 Å². The van der Waals surface area contributed by atoms with Crippen LogP contribution < -0.4 is 5.32 Å². The van der Waals surface area contributed by atoms with Gasteiger partial charge in [0.15, 0.2) is 0 Å². The standard InChI is InChI=1S/C19H15FN2O3S/c1-9-14(19(24)25-2)16(17(21-9)13-4-3-7-26-13)15-11-8-10(20)5-6-12(11)22-18(15)23/h3-8,15,21H,1-2H3,(H,22,23). The molecule has 0 saturated carbocycles. The highest BCUT2D eigenvalue weighted by atomic mass is 32.1. The zero-order valence-corrected chi connectivity index (χ0v) is 14.9. The van der Waals surface area contributed by atoms with Crippen molar-refractivity contribution in [3.8, 4) is 10.6 Å². The van der Waals surface area contributed by atoms with Gasteiger partial charge in [-0.1, -0.05) is 6.07 Å². The van der Waals surface area contributed by atoms with Crippen molar-refractivity contribution in [1.82, 2.24) is 4.98 Å². The van der Waals surface area contributed by atoms with Crippen LogP contribution in [-0.4, -0.2) is 24.0 Å². The number of amides is 1. The molecular weight excluding hydrogens is 355 g/mol. The summed E-state index contributed by atoms with van der Waals surface area (Å²) in [4.78, 5) is 29.3. The number of hydrogen-bond acceptors (Lipinski definition) is 4. The number of benzene rings is 1. The number of H-pyrrole nitrogens is 1. The van der Waals surface area contributed by atoms with Crippen LogP contribution in [-0.2, 0) is 9.53 Å². The molecule has 0 radical (unpaired) electrons. The molecule has 0 bridgehead atoms. The highest BCUT2D eigenvalue weighted by Gasteiger charge is 2.39. The second-order valence-electron chi connectivity index (χ2n) is 6.04. The average molecular weight is 370 g/mol. The summed E-state index contributed by atoms with van der Waals surface area (Å²) in [5, 5.41) is 4.68. The molecule has 0 aliphatic carbocycles. The van der Waals surface area contributed by atoms with Crippen molar-refractivity contribution in [2.75, 3.05) is 12.4 Å². The Morgan fingerprint density at radius 1 is 1.31 bits per heavy atom. The fourth-order valence-corrected chi connectivity index (χ4v) is 4.17. The predicted octanol–water partition coefficient (Wildman–Crippen LogP) is 4.06. The molecule has 3 aromatic rings. The zero-order chi connectivity index (χ0) is 18.4.